The van der Waals surface area contributed by atoms with Crippen LogP contribution in [-0.2, 0) is 30.3 Å². The van der Waals surface area contributed by atoms with Crippen LogP contribution in [-0.4, -0.2) is 34.7 Å². The third kappa shape index (κ3) is 6.04. The molecule has 0 heterocycles. The molecular formula is C45H61FO6. The van der Waals surface area contributed by atoms with Crippen LogP contribution < -0.4 is 0 Å². The number of fused-ring (bicyclic) bond motifs is 7. The molecule has 1 aromatic carbocycles. The van der Waals surface area contributed by atoms with E-state index in [9.17, 15) is 28.7 Å². The van der Waals surface area contributed by atoms with E-state index in [0.29, 0.717) is 18.3 Å². The number of carboxylic acid groups (broad SMARTS) is 1. The second-order valence-electron chi connectivity index (χ2n) is 19.7. The molecule has 1 aromatic rings. The number of benzene rings is 1. The first-order chi connectivity index (χ1) is 24.1. The van der Waals surface area contributed by atoms with Crippen LogP contribution in [0.4, 0.5) is 4.39 Å². The van der Waals surface area contributed by atoms with Crippen LogP contribution in [0.1, 0.15) is 132 Å². The van der Waals surface area contributed by atoms with Gasteiger partial charge in [-0.05, 0) is 140 Å². The summed E-state index contributed by atoms with van der Waals surface area (Å²) >= 11 is 0. The molecule has 1 N–H and O–H groups in total. The Labute approximate surface area is 310 Å². The van der Waals surface area contributed by atoms with Gasteiger partial charge in [0.25, 0.3) is 0 Å². The number of hydrogen-bond acceptors (Lipinski definition) is 5. The summed E-state index contributed by atoms with van der Waals surface area (Å²) in [7, 11) is 0. The molecule has 0 aromatic heterocycles. The maximum absolute atomic E-state index is 13.9. The van der Waals surface area contributed by atoms with Gasteiger partial charge in [0.2, 0.25) is 0 Å². The molecular weight excluding hydrogens is 655 g/mol. The van der Waals surface area contributed by atoms with Crippen molar-refractivity contribution in [1.29, 1.82) is 0 Å². The number of aliphatic carboxylic acids is 1. The van der Waals surface area contributed by atoms with E-state index in [4.69, 9.17) is 4.74 Å². The van der Waals surface area contributed by atoms with Gasteiger partial charge in [0.15, 0.2) is 11.6 Å². The summed E-state index contributed by atoms with van der Waals surface area (Å²) in [5.74, 6) is -0.362. The lowest BCUT2D eigenvalue weighted by atomic mass is 9.33. The molecule has 7 heteroatoms. The van der Waals surface area contributed by atoms with Crippen LogP contribution in [0.2, 0.25) is 0 Å². The minimum atomic E-state index is -1.17. The van der Waals surface area contributed by atoms with Crippen molar-refractivity contribution >= 4 is 23.5 Å². The van der Waals surface area contributed by atoms with Gasteiger partial charge in [0.05, 0.1) is 11.8 Å². The Kier molecular flexibility index (Phi) is 9.69. The summed E-state index contributed by atoms with van der Waals surface area (Å²) in [4.78, 5) is 52.0. The number of rotatable bonds is 9. The van der Waals surface area contributed by atoms with Gasteiger partial charge in [-0.15, -0.1) is 0 Å². The molecule has 0 bridgehead atoms. The van der Waals surface area contributed by atoms with Gasteiger partial charge in [-0.25, -0.2) is 4.39 Å². The molecule has 6 rings (SSSR count). The summed E-state index contributed by atoms with van der Waals surface area (Å²) in [6.45, 7) is 19.5. The highest BCUT2D eigenvalue weighted by molar-refractivity contribution is 6.01. The van der Waals surface area contributed by atoms with Gasteiger partial charge >= 0.3 is 11.9 Å². The number of ether oxygens (including phenoxy) is 1. The predicted molar refractivity (Wildman–Crippen MR) is 200 cm³/mol. The lowest BCUT2D eigenvalue weighted by Gasteiger charge is -2.72. The first kappa shape index (κ1) is 38.6. The zero-order chi connectivity index (χ0) is 38.2. The Bertz CT molecular complexity index is 1700. The summed E-state index contributed by atoms with van der Waals surface area (Å²) in [6.07, 6.45) is 11.8. The first-order valence-corrected chi connectivity index (χ1v) is 19.8. The maximum atomic E-state index is 13.9. The highest BCUT2D eigenvalue weighted by atomic mass is 19.1. The van der Waals surface area contributed by atoms with Crippen molar-refractivity contribution in [3.05, 3.63) is 58.9 Å². The Morgan fingerprint density at radius 1 is 0.923 bits per heavy atom. The van der Waals surface area contributed by atoms with E-state index in [1.165, 1.54) is 17.7 Å². The summed E-state index contributed by atoms with van der Waals surface area (Å²) in [6, 6.07) is 6.08. The highest BCUT2D eigenvalue weighted by Crippen LogP contribution is 2.77. The fraction of sp³-hybridized carbons (Fsp3) is 0.689. The van der Waals surface area contributed by atoms with Crippen molar-refractivity contribution in [3.8, 4) is 0 Å². The molecule has 8 atom stereocenters. The lowest BCUT2D eigenvalue weighted by molar-refractivity contribution is -0.232. The van der Waals surface area contributed by atoms with Gasteiger partial charge in [0, 0.05) is 23.7 Å². The molecule has 284 valence electrons. The van der Waals surface area contributed by atoms with Crippen LogP contribution in [0.3, 0.4) is 0 Å². The molecule has 0 spiro atoms. The van der Waals surface area contributed by atoms with E-state index in [1.807, 2.05) is 0 Å². The van der Waals surface area contributed by atoms with Crippen molar-refractivity contribution in [1.82, 2.24) is 0 Å². The molecule has 5 aliphatic rings. The van der Waals surface area contributed by atoms with Crippen molar-refractivity contribution in [2.24, 2.45) is 56.2 Å². The second-order valence-corrected chi connectivity index (χ2v) is 19.7. The standard InChI is InChI=1S/C45H61FO6/c1-27(2)37-32(48)25-45(21-16-30(47)24-28-10-12-29(46)13-11-28)23-22-43(8)31(38(37)45)14-15-34-42(7)19-18-35(52-36(49)26-40(3,4)39(50)51)41(5,6)33(42)17-20-44(34,43)9/h10-13,16,21,27,31,33-35H,14-15,17-20,22-26H2,1-9H3,(H,50,51)/b21-16+/t31-,33+,34-,35+,42+,43-,44-,45+/m1/s1. The Morgan fingerprint density at radius 3 is 2.23 bits per heavy atom. The fourth-order valence-electron chi connectivity index (χ4n) is 12.8. The summed E-state index contributed by atoms with van der Waals surface area (Å²) in [5.41, 5.74) is 1.27. The lowest BCUT2D eigenvalue weighted by Crippen LogP contribution is -2.65. The molecule has 5 aliphatic carbocycles. The number of Topliss-reactive ketones (excluding diaryl/α,β-unsaturated/α-hetero) is 1. The number of carboxylic acids is 1. The number of esters is 1. The van der Waals surface area contributed by atoms with Gasteiger partial charge < -0.3 is 9.84 Å². The largest absolute Gasteiger partial charge is 0.481 e. The molecule has 0 unspecified atom stereocenters. The zero-order valence-corrected chi connectivity index (χ0v) is 33.0. The number of hydrogen-bond donors (Lipinski definition) is 1. The van der Waals surface area contributed by atoms with Crippen molar-refractivity contribution < 1.29 is 33.4 Å². The smallest absolute Gasteiger partial charge is 0.309 e. The topological polar surface area (TPSA) is 97.7 Å². The fourth-order valence-corrected chi connectivity index (χ4v) is 12.8. The van der Waals surface area contributed by atoms with Crippen LogP contribution >= 0.6 is 0 Å². The summed E-state index contributed by atoms with van der Waals surface area (Å²) in [5, 5.41) is 9.59. The average molecular weight is 717 g/mol. The number of carbonyl (C=O) groups excluding carboxylic acids is 3. The molecule has 4 fully saturated rings. The van der Waals surface area contributed by atoms with Gasteiger partial charge in [-0.2, -0.15) is 0 Å². The van der Waals surface area contributed by atoms with E-state index in [1.54, 1.807) is 32.1 Å². The molecule has 52 heavy (non-hydrogen) atoms. The quantitative estimate of drug-likeness (QED) is 0.202. The zero-order valence-electron chi connectivity index (χ0n) is 33.0. The molecule has 0 saturated heterocycles. The third-order valence-corrected chi connectivity index (χ3v) is 15.7. The summed E-state index contributed by atoms with van der Waals surface area (Å²) < 4.78 is 19.6. The number of carbonyl (C=O) groups is 4. The molecule has 4 saturated carbocycles. The van der Waals surface area contributed by atoms with Crippen LogP contribution in [0, 0.1) is 62.0 Å². The van der Waals surface area contributed by atoms with Crippen LogP contribution in [0.5, 0.6) is 0 Å². The van der Waals surface area contributed by atoms with Crippen molar-refractivity contribution in [3.63, 3.8) is 0 Å². The van der Waals surface area contributed by atoms with Gasteiger partial charge in [-0.1, -0.05) is 66.7 Å². The Morgan fingerprint density at radius 2 is 1.60 bits per heavy atom. The van der Waals surface area contributed by atoms with E-state index >= 15 is 0 Å². The van der Waals surface area contributed by atoms with E-state index in [2.05, 4.69) is 54.5 Å². The van der Waals surface area contributed by atoms with Crippen LogP contribution in [0.15, 0.2) is 47.6 Å². The molecule has 0 aliphatic heterocycles. The highest BCUT2D eigenvalue weighted by Gasteiger charge is 2.70. The van der Waals surface area contributed by atoms with E-state index < -0.39 is 22.8 Å². The van der Waals surface area contributed by atoms with E-state index in [0.717, 1.165) is 62.5 Å². The molecule has 6 nitrogen and oxygen atoms in total. The minimum absolute atomic E-state index is 0.0185. The predicted octanol–water partition coefficient (Wildman–Crippen LogP) is 9.89. The second kappa shape index (κ2) is 13.0. The molecule has 0 amide bonds. The monoisotopic (exact) mass is 716 g/mol. The first-order valence-electron chi connectivity index (χ1n) is 19.8. The van der Waals surface area contributed by atoms with Crippen molar-refractivity contribution in [2.45, 2.75) is 139 Å². The number of halogens is 1. The number of ketones is 2. The number of allylic oxidation sites excluding steroid dienone is 4. The van der Waals surface area contributed by atoms with Crippen molar-refractivity contribution in [2.75, 3.05) is 0 Å². The Hall–Kier alpha value is -3.09. The van der Waals surface area contributed by atoms with Gasteiger partial charge in [-0.3, -0.25) is 19.2 Å². The van der Waals surface area contributed by atoms with Gasteiger partial charge in [0.1, 0.15) is 11.9 Å². The minimum Gasteiger partial charge on any atom is -0.481 e. The third-order valence-electron chi connectivity index (χ3n) is 15.7. The average Bonchev–Trinajstić information content (AvgIpc) is 3.35. The van der Waals surface area contributed by atoms with Crippen LogP contribution in [0.25, 0.3) is 0 Å². The van der Waals surface area contributed by atoms with E-state index in [-0.39, 0.29) is 69.8 Å². The maximum Gasteiger partial charge on any atom is 0.309 e. The normalized spacial score (nSPS) is 36.9. The Balaban J connectivity index is 1.28. The SMILES string of the molecule is CC(C)C1=C2[C@H]3CC[C@@H]4[C@@]5(C)CC[C@H](OC(=O)CC(C)(C)C(=O)O)C(C)(C)[C@@H]5CC[C@@]4(C)[C@]3(C)CC[C@@]2(/C=C/C(=O)Cc2ccc(F)cc2)CC1=O. The molecule has 0 radical (unpaired) electrons.